The zero-order valence-electron chi connectivity index (χ0n) is 18.8. The number of methoxy groups -OCH3 is 2. The van der Waals surface area contributed by atoms with Crippen molar-refractivity contribution in [2.45, 2.75) is 25.9 Å². The van der Waals surface area contributed by atoms with Crippen LogP contribution in [0.2, 0.25) is 0 Å². The molecule has 1 aliphatic rings. The molecule has 0 amide bonds. The summed E-state index contributed by atoms with van der Waals surface area (Å²) in [5.41, 5.74) is 5.07. The van der Waals surface area contributed by atoms with Crippen molar-refractivity contribution in [2.24, 2.45) is 13.0 Å². The Morgan fingerprint density at radius 1 is 0.871 bits per heavy atom. The minimum absolute atomic E-state index is 0.282. The Morgan fingerprint density at radius 3 is 2.32 bits per heavy atom. The fourth-order valence-electron chi connectivity index (χ4n) is 5.36. The van der Waals surface area contributed by atoms with Gasteiger partial charge in [-0.2, -0.15) is 0 Å². The van der Waals surface area contributed by atoms with Crippen molar-refractivity contribution in [2.75, 3.05) is 20.8 Å². The van der Waals surface area contributed by atoms with Crippen molar-refractivity contribution in [3.05, 3.63) is 71.8 Å². The molecule has 1 fully saturated rings. The van der Waals surface area contributed by atoms with Gasteiger partial charge in [-0.1, -0.05) is 37.3 Å². The predicted molar refractivity (Wildman–Crippen MR) is 127 cm³/mol. The summed E-state index contributed by atoms with van der Waals surface area (Å²) in [4.78, 5) is 2.58. The number of aromatic nitrogens is 1. The van der Waals surface area contributed by atoms with Gasteiger partial charge in [-0.25, -0.2) is 0 Å². The van der Waals surface area contributed by atoms with E-state index in [2.05, 4.69) is 65.9 Å². The van der Waals surface area contributed by atoms with Gasteiger partial charge in [0.15, 0.2) is 0 Å². The van der Waals surface area contributed by atoms with Crippen LogP contribution in [-0.2, 0) is 13.6 Å². The molecule has 1 saturated heterocycles. The highest BCUT2D eigenvalue weighted by Crippen LogP contribution is 2.44. The van der Waals surface area contributed by atoms with Gasteiger partial charge >= 0.3 is 0 Å². The number of likely N-dealkylation sites (tertiary alicyclic amines) is 1. The summed E-state index contributed by atoms with van der Waals surface area (Å²) < 4.78 is 13.8. The lowest BCUT2D eigenvalue weighted by atomic mass is 9.98. The molecule has 4 aromatic rings. The summed E-state index contributed by atoms with van der Waals surface area (Å²) in [5.74, 6) is 2.45. The number of hydrogen-bond acceptors (Lipinski definition) is 3. The second-order valence-electron chi connectivity index (χ2n) is 8.79. The maximum atomic E-state index is 5.73. The molecule has 2 atom stereocenters. The molecular formula is C27H30N2O2. The van der Waals surface area contributed by atoms with Crippen LogP contribution in [0.15, 0.2) is 60.7 Å². The molecule has 0 spiro atoms. The van der Waals surface area contributed by atoms with E-state index in [1.54, 1.807) is 14.2 Å². The molecule has 160 valence electrons. The van der Waals surface area contributed by atoms with Crippen LogP contribution in [0.5, 0.6) is 11.5 Å². The number of ether oxygens (including phenoxy) is 2. The smallest absolute Gasteiger partial charge is 0.127 e. The molecular weight excluding hydrogens is 384 g/mol. The molecule has 1 aromatic heterocycles. The number of aryl methyl sites for hydroxylation is 1. The van der Waals surface area contributed by atoms with Gasteiger partial charge in [-0.15, -0.1) is 0 Å². The third kappa shape index (κ3) is 3.35. The Labute approximate surface area is 184 Å². The van der Waals surface area contributed by atoms with Gasteiger partial charge < -0.3 is 14.0 Å². The Bertz CT molecular complexity index is 1220. The molecule has 0 radical (unpaired) electrons. The lowest BCUT2D eigenvalue weighted by Crippen LogP contribution is -2.24. The van der Waals surface area contributed by atoms with E-state index in [4.69, 9.17) is 9.47 Å². The lowest BCUT2D eigenvalue weighted by molar-refractivity contribution is 0.234. The fourth-order valence-corrected chi connectivity index (χ4v) is 5.36. The highest BCUT2D eigenvalue weighted by atomic mass is 16.5. The van der Waals surface area contributed by atoms with Crippen molar-refractivity contribution >= 4 is 21.8 Å². The Hall–Kier alpha value is -2.98. The molecule has 4 heteroatoms. The number of fused-ring (bicyclic) bond motifs is 3. The highest BCUT2D eigenvalue weighted by molar-refractivity contribution is 6.08. The van der Waals surface area contributed by atoms with E-state index in [-0.39, 0.29) is 6.04 Å². The summed E-state index contributed by atoms with van der Waals surface area (Å²) in [6, 6.07) is 21.9. The molecule has 2 unspecified atom stereocenters. The first kappa shape index (κ1) is 20.0. The molecule has 0 N–H and O–H groups in total. The summed E-state index contributed by atoms with van der Waals surface area (Å²) in [7, 11) is 5.64. The van der Waals surface area contributed by atoms with Crippen LogP contribution in [0.4, 0.5) is 0 Å². The second kappa shape index (κ2) is 7.93. The first-order valence-corrected chi connectivity index (χ1v) is 11.0. The van der Waals surface area contributed by atoms with E-state index in [0.29, 0.717) is 5.92 Å². The van der Waals surface area contributed by atoms with Crippen LogP contribution in [0.25, 0.3) is 21.8 Å². The molecule has 0 saturated carbocycles. The van der Waals surface area contributed by atoms with E-state index in [1.807, 2.05) is 18.2 Å². The monoisotopic (exact) mass is 414 g/mol. The van der Waals surface area contributed by atoms with Crippen LogP contribution in [0, 0.1) is 5.92 Å². The molecule has 3 aromatic carbocycles. The van der Waals surface area contributed by atoms with Crippen LogP contribution in [0.3, 0.4) is 0 Å². The van der Waals surface area contributed by atoms with Gasteiger partial charge in [0.1, 0.15) is 11.5 Å². The maximum absolute atomic E-state index is 5.73. The van der Waals surface area contributed by atoms with Crippen molar-refractivity contribution < 1.29 is 9.47 Å². The van der Waals surface area contributed by atoms with Gasteiger partial charge in [0, 0.05) is 48.0 Å². The first-order valence-electron chi connectivity index (χ1n) is 11.0. The summed E-state index contributed by atoms with van der Waals surface area (Å²) >= 11 is 0. The second-order valence-corrected chi connectivity index (χ2v) is 8.79. The van der Waals surface area contributed by atoms with Crippen molar-refractivity contribution in [1.82, 2.24) is 9.47 Å². The van der Waals surface area contributed by atoms with Crippen molar-refractivity contribution in [3.63, 3.8) is 0 Å². The summed E-state index contributed by atoms with van der Waals surface area (Å²) in [6.07, 6.45) is 1.10. The SMILES string of the molecule is COc1cccc(OC)c1C1CC(C)CN1Cc1ccc2c(c1)c1ccccc1n2C. The molecule has 31 heavy (non-hydrogen) atoms. The standard InChI is InChI=1S/C27H30N2O2/c1-18-14-24(27-25(30-3)10-7-11-26(27)31-4)29(16-18)17-19-12-13-23-21(15-19)20-8-5-6-9-22(20)28(23)2/h5-13,15,18,24H,14,16-17H2,1-4H3. The highest BCUT2D eigenvalue weighted by Gasteiger charge is 2.34. The zero-order valence-corrected chi connectivity index (χ0v) is 18.8. The quantitative estimate of drug-likeness (QED) is 0.405. The molecule has 5 rings (SSSR count). The topological polar surface area (TPSA) is 26.6 Å². The van der Waals surface area contributed by atoms with Gasteiger partial charge in [-0.05, 0) is 48.2 Å². The number of hydrogen-bond donors (Lipinski definition) is 0. The maximum Gasteiger partial charge on any atom is 0.127 e. The number of benzene rings is 3. The van der Waals surface area contributed by atoms with Crippen LogP contribution < -0.4 is 9.47 Å². The van der Waals surface area contributed by atoms with E-state index in [9.17, 15) is 0 Å². The number of para-hydroxylation sites is 1. The largest absolute Gasteiger partial charge is 0.496 e. The van der Waals surface area contributed by atoms with E-state index in [1.165, 1.54) is 32.9 Å². The van der Waals surface area contributed by atoms with Crippen LogP contribution in [-0.4, -0.2) is 30.2 Å². The third-order valence-corrected chi connectivity index (χ3v) is 6.78. The summed E-state index contributed by atoms with van der Waals surface area (Å²) in [5, 5.41) is 2.65. The van der Waals surface area contributed by atoms with E-state index < -0.39 is 0 Å². The van der Waals surface area contributed by atoms with Gasteiger partial charge in [0.25, 0.3) is 0 Å². The molecule has 0 aliphatic carbocycles. The minimum Gasteiger partial charge on any atom is -0.496 e. The van der Waals surface area contributed by atoms with Gasteiger partial charge in [0.2, 0.25) is 0 Å². The Balaban J connectivity index is 1.53. The minimum atomic E-state index is 0.282. The molecule has 1 aliphatic heterocycles. The molecule has 4 nitrogen and oxygen atoms in total. The van der Waals surface area contributed by atoms with E-state index >= 15 is 0 Å². The average molecular weight is 415 g/mol. The van der Waals surface area contributed by atoms with Crippen LogP contribution in [0.1, 0.15) is 30.5 Å². The Morgan fingerprint density at radius 2 is 1.58 bits per heavy atom. The molecule has 2 heterocycles. The molecule has 0 bridgehead atoms. The average Bonchev–Trinajstić information content (AvgIpc) is 3.30. The summed E-state index contributed by atoms with van der Waals surface area (Å²) in [6.45, 7) is 4.32. The van der Waals surface area contributed by atoms with Crippen LogP contribution >= 0.6 is 0 Å². The predicted octanol–water partition coefficient (Wildman–Crippen LogP) is 5.93. The zero-order chi connectivity index (χ0) is 21.5. The fraction of sp³-hybridized carbons (Fsp3) is 0.333. The van der Waals surface area contributed by atoms with Gasteiger partial charge in [0.05, 0.1) is 19.8 Å². The normalized spacial score (nSPS) is 19.4. The first-order chi connectivity index (χ1) is 15.1. The third-order valence-electron chi connectivity index (χ3n) is 6.78. The lowest BCUT2D eigenvalue weighted by Gasteiger charge is -2.27. The van der Waals surface area contributed by atoms with Gasteiger partial charge in [-0.3, -0.25) is 4.90 Å². The number of rotatable bonds is 5. The van der Waals surface area contributed by atoms with E-state index in [0.717, 1.165) is 31.0 Å². The number of nitrogens with zero attached hydrogens (tertiary/aromatic N) is 2. The Kier molecular flexibility index (Phi) is 5.11. The van der Waals surface area contributed by atoms with Crippen molar-refractivity contribution in [3.8, 4) is 11.5 Å². The van der Waals surface area contributed by atoms with Crippen molar-refractivity contribution in [1.29, 1.82) is 0 Å².